The van der Waals surface area contributed by atoms with Crippen molar-refractivity contribution >= 4 is 5.82 Å². The lowest BCUT2D eigenvalue weighted by molar-refractivity contribution is 0.184. The van der Waals surface area contributed by atoms with E-state index in [4.69, 9.17) is 10.5 Å². The number of nitrogens with zero attached hydrogens (tertiary/aromatic N) is 4. The Morgan fingerprint density at radius 3 is 2.60 bits per heavy atom. The van der Waals surface area contributed by atoms with E-state index in [1.165, 1.54) is 0 Å². The quantitative estimate of drug-likeness (QED) is 0.828. The van der Waals surface area contributed by atoms with Gasteiger partial charge in [0.2, 0.25) is 5.88 Å². The molecule has 0 bridgehead atoms. The lowest BCUT2D eigenvalue weighted by Crippen LogP contribution is -2.52. The number of nitrogens with two attached hydrogens (primary N) is 1. The molecule has 0 amide bonds. The molecule has 20 heavy (non-hydrogen) atoms. The van der Waals surface area contributed by atoms with Crippen LogP contribution in [0.1, 0.15) is 20.3 Å². The fourth-order valence-corrected chi connectivity index (χ4v) is 2.62. The van der Waals surface area contributed by atoms with Crippen LogP contribution in [-0.2, 0) is 0 Å². The minimum Gasteiger partial charge on any atom is -0.478 e. The molecule has 2 heterocycles. The maximum absolute atomic E-state index is 5.82. The van der Waals surface area contributed by atoms with Crippen LogP contribution in [0.2, 0.25) is 0 Å². The van der Waals surface area contributed by atoms with Crippen LogP contribution in [0.3, 0.4) is 0 Å². The molecular weight excluding hydrogens is 254 g/mol. The summed E-state index contributed by atoms with van der Waals surface area (Å²) in [5.41, 5.74) is 5.82. The SMILES string of the molecule is CCOc1cc(N2CCN(C(CC)CN)CC2)ncn1. The maximum atomic E-state index is 5.82. The Hall–Kier alpha value is -1.40. The fraction of sp³-hybridized carbons (Fsp3) is 0.714. The van der Waals surface area contributed by atoms with Crippen molar-refractivity contribution in [1.82, 2.24) is 14.9 Å². The van der Waals surface area contributed by atoms with Gasteiger partial charge in [0.1, 0.15) is 12.1 Å². The van der Waals surface area contributed by atoms with Gasteiger partial charge in [-0.3, -0.25) is 4.90 Å². The smallest absolute Gasteiger partial charge is 0.218 e. The normalized spacial score (nSPS) is 18.1. The molecule has 112 valence electrons. The average Bonchev–Trinajstić information content (AvgIpc) is 2.50. The summed E-state index contributed by atoms with van der Waals surface area (Å²) < 4.78 is 5.43. The minimum absolute atomic E-state index is 0.501. The predicted molar refractivity (Wildman–Crippen MR) is 80.1 cm³/mol. The second kappa shape index (κ2) is 7.40. The molecule has 0 saturated carbocycles. The van der Waals surface area contributed by atoms with Crippen molar-refractivity contribution in [1.29, 1.82) is 0 Å². The molecule has 6 nitrogen and oxygen atoms in total. The second-order valence-corrected chi connectivity index (χ2v) is 4.97. The van der Waals surface area contributed by atoms with Crippen LogP contribution in [0.15, 0.2) is 12.4 Å². The van der Waals surface area contributed by atoms with Crippen LogP contribution in [0.5, 0.6) is 5.88 Å². The molecule has 2 N–H and O–H groups in total. The summed E-state index contributed by atoms with van der Waals surface area (Å²) in [5.74, 6) is 1.59. The minimum atomic E-state index is 0.501. The van der Waals surface area contributed by atoms with Gasteiger partial charge in [0.25, 0.3) is 0 Å². The van der Waals surface area contributed by atoms with Crippen molar-refractivity contribution in [3.63, 3.8) is 0 Å². The summed E-state index contributed by atoms with van der Waals surface area (Å²) in [6, 6.07) is 2.42. The summed E-state index contributed by atoms with van der Waals surface area (Å²) in [6.45, 7) is 9.52. The van der Waals surface area contributed by atoms with Gasteiger partial charge in [-0.05, 0) is 13.3 Å². The molecule has 2 rings (SSSR count). The largest absolute Gasteiger partial charge is 0.478 e. The van der Waals surface area contributed by atoms with Gasteiger partial charge in [0.05, 0.1) is 6.61 Å². The van der Waals surface area contributed by atoms with Gasteiger partial charge in [-0.25, -0.2) is 9.97 Å². The zero-order valence-corrected chi connectivity index (χ0v) is 12.5. The molecular formula is C14H25N5O. The first-order valence-corrected chi connectivity index (χ1v) is 7.42. The molecule has 0 radical (unpaired) electrons. The molecule has 1 fully saturated rings. The van der Waals surface area contributed by atoms with Crippen LogP contribution in [0.25, 0.3) is 0 Å². The number of piperazine rings is 1. The van der Waals surface area contributed by atoms with Gasteiger partial charge in [0, 0.05) is 44.8 Å². The molecule has 1 aliphatic rings. The summed E-state index contributed by atoms with van der Waals surface area (Å²) >= 11 is 0. The maximum Gasteiger partial charge on any atom is 0.218 e. The van der Waals surface area contributed by atoms with E-state index >= 15 is 0 Å². The zero-order valence-electron chi connectivity index (χ0n) is 12.5. The first kappa shape index (κ1) is 15.0. The third-order valence-electron chi connectivity index (χ3n) is 3.82. The highest BCUT2D eigenvalue weighted by Crippen LogP contribution is 2.18. The number of rotatable bonds is 6. The van der Waals surface area contributed by atoms with E-state index < -0.39 is 0 Å². The topological polar surface area (TPSA) is 67.5 Å². The van der Waals surface area contributed by atoms with Crippen molar-refractivity contribution < 1.29 is 4.74 Å². The summed E-state index contributed by atoms with van der Waals surface area (Å²) in [7, 11) is 0. The van der Waals surface area contributed by atoms with Gasteiger partial charge in [-0.2, -0.15) is 0 Å². The van der Waals surface area contributed by atoms with Gasteiger partial charge in [0.15, 0.2) is 0 Å². The Kier molecular flexibility index (Phi) is 5.55. The Balaban J connectivity index is 1.94. The van der Waals surface area contributed by atoms with Gasteiger partial charge in [-0.15, -0.1) is 0 Å². The second-order valence-electron chi connectivity index (χ2n) is 4.97. The van der Waals surface area contributed by atoms with Crippen LogP contribution in [0.4, 0.5) is 5.82 Å². The molecule has 1 aromatic rings. The number of hydrogen-bond acceptors (Lipinski definition) is 6. The summed E-state index contributed by atoms with van der Waals surface area (Å²) in [6.07, 6.45) is 2.68. The Bertz CT molecular complexity index is 402. The molecule has 1 aromatic heterocycles. The van der Waals surface area contributed by atoms with E-state index in [2.05, 4.69) is 26.7 Å². The van der Waals surface area contributed by atoms with Gasteiger partial charge in [-0.1, -0.05) is 6.92 Å². The van der Waals surface area contributed by atoms with Crippen LogP contribution < -0.4 is 15.4 Å². The lowest BCUT2D eigenvalue weighted by atomic mass is 10.1. The Labute approximate surface area is 120 Å². The van der Waals surface area contributed by atoms with Crippen molar-refractivity contribution in [3.8, 4) is 5.88 Å². The standard InChI is InChI=1S/C14H25N5O/c1-3-12(10-15)18-5-7-19(8-6-18)13-9-14(20-4-2)17-11-16-13/h9,11-12H,3-8,10,15H2,1-2H3. The molecule has 6 heteroatoms. The predicted octanol–water partition coefficient (Wildman–Crippen LogP) is 0.735. The van der Waals surface area contributed by atoms with Gasteiger partial charge >= 0.3 is 0 Å². The number of anilines is 1. The first-order valence-electron chi connectivity index (χ1n) is 7.42. The Morgan fingerprint density at radius 1 is 1.25 bits per heavy atom. The lowest BCUT2D eigenvalue weighted by Gasteiger charge is -2.39. The highest BCUT2D eigenvalue weighted by molar-refractivity contribution is 5.41. The molecule has 0 aromatic carbocycles. The van der Waals surface area contributed by atoms with Crippen molar-refractivity contribution in [2.24, 2.45) is 5.73 Å². The summed E-state index contributed by atoms with van der Waals surface area (Å²) in [5, 5.41) is 0. The van der Waals surface area contributed by atoms with E-state index in [1.807, 2.05) is 13.0 Å². The van der Waals surface area contributed by atoms with Crippen LogP contribution >= 0.6 is 0 Å². The molecule has 1 aliphatic heterocycles. The average molecular weight is 279 g/mol. The molecule has 0 aliphatic carbocycles. The van der Waals surface area contributed by atoms with E-state index in [0.29, 0.717) is 18.5 Å². The monoisotopic (exact) mass is 279 g/mol. The first-order chi connectivity index (χ1) is 9.78. The third kappa shape index (κ3) is 3.58. The molecule has 0 spiro atoms. The third-order valence-corrected chi connectivity index (χ3v) is 3.82. The van der Waals surface area contributed by atoms with Crippen molar-refractivity contribution in [3.05, 3.63) is 12.4 Å². The highest BCUT2D eigenvalue weighted by Gasteiger charge is 2.22. The van der Waals surface area contributed by atoms with E-state index in [-0.39, 0.29) is 0 Å². The molecule has 1 atom stereocenters. The highest BCUT2D eigenvalue weighted by atomic mass is 16.5. The zero-order chi connectivity index (χ0) is 14.4. The fourth-order valence-electron chi connectivity index (χ4n) is 2.62. The van der Waals surface area contributed by atoms with Crippen molar-refractivity contribution in [2.45, 2.75) is 26.3 Å². The summed E-state index contributed by atoms with van der Waals surface area (Å²) in [4.78, 5) is 13.2. The molecule has 1 saturated heterocycles. The molecule has 1 unspecified atom stereocenters. The number of aromatic nitrogens is 2. The van der Waals surface area contributed by atoms with E-state index in [9.17, 15) is 0 Å². The Morgan fingerprint density at radius 2 is 2.00 bits per heavy atom. The number of hydrogen-bond donors (Lipinski definition) is 1. The van der Waals surface area contributed by atoms with Crippen molar-refractivity contribution in [2.75, 3.05) is 44.2 Å². The van der Waals surface area contributed by atoms with Crippen LogP contribution in [0, 0.1) is 0 Å². The van der Waals surface area contributed by atoms with E-state index in [1.54, 1.807) is 6.33 Å². The van der Waals surface area contributed by atoms with Crippen LogP contribution in [-0.4, -0.2) is 60.2 Å². The number of ether oxygens (including phenoxy) is 1. The van der Waals surface area contributed by atoms with E-state index in [0.717, 1.165) is 45.0 Å². The van der Waals surface area contributed by atoms with Gasteiger partial charge < -0.3 is 15.4 Å².